The van der Waals surface area contributed by atoms with Crippen molar-refractivity contribution >= 4 is 35.0 Å². The molecule has 3 rings (SSSR count). The second-order valence-corrected chi connectivity index (χ2v) is 7.38. The molecule has 2 fully saturated rings. The lowest BCUT2D eigenvalue weighted by Crippen LogP contribution is -2.59. The number of hydrogen-bond donors (Lipinski definition) is 1. The van der Waals surface area contributed by atoms with Gasteiger partial charge >= 0.3 is 0 Å². The number of likely N-dealkylation sites (tertiary alicyclic amines) is 1. The van der Waals surface area contributed by atoms with Gasteiger partial charge in [-0.2, -0.15) is 0 Å². The highest BCUT2D eigenvalue weighted by Gasteiger charge is 2.50. The van der Waals surface area contributed by atoms with Gasteiger partial charge in [0.1, 0.15) is 5.54 Å². The summed E-state index contributed by atoms with van der Waals surface area (Å²) in [6.45, 7) is 2.20. The van der Waals surface area contributed by atoms with Crippen molar-refractivity contribution in [2.45, 2.75) is 57.2 Å². The quantitative estimate of drug-likeness (QED) is 0.898. The van der Waals surface area contributed by atoms with Crippen LogP contribution in [0.5, 0.6) is 0 Å². The maximum Gasteiger partial charge on any atom is 0.245 e. The number of hydrogen-bond acceptors (Lipinski definition) is 2. The van der Waals surface area contributed by atoms with Crippen LogP contribution in [-0.2, 0) is 16.1 Å². The van der Waals surface area contributed by atoms with E-state index in [1.807, 2.05) is 11.8 Å². The summed E-state index contributed by atoms with van der Waals surface area (Å²) in [5.74, 6) is -0.0156. The molecule has 1 atom stereocenters. The first-order chi connectivity index (χ1) is 10.9. The zero-order valence-corrected chi connectivity index (χ0v) is 14.6. The van der Waals surface area contributed by atoms with E-state index in [0.717, 1.165) is 24.8 Å². The minimum Gasteiger partial charge on any atom is -0.350 e. The molecule has 1 heterocycles. The van der Waals surface area contributed by atoms with Crippen molar-refractivity contribution in [3.05, 3.63) is 33.8 Å². The van der Waals surface area contributed by atoms with Crippen LogP contribution in [-0.4, -0.2) is 28.3 Å². The van der Waals surface area contributed by atoms with Gasteiger partial charge in [-0.25, -0.2) is 0 Å². The van der Waals surface area contributed by atoms with Gasteiger partial charge in [0, 0.05) is 29.1 Å². The Labute approximate surface area is 146 Å². The standard InChI is InChI=1S/C17H20Cl2N2O2/c1-17(8-7-15(22)21(17)13-3-2-4-13)16(23)20-10-11-5-6-12(18)9-14(11)19/h5-6,9,13H,2-4,7-8,10H2,1H3,(H,20,23)/t17-/m0/s1. The van der Waals surface area contributed by atoms with Crippen molar-refractivity contribution in [3.63, 3.8) is 0 Å². The van der Waals surface area contributed by atoms with Crippen molar-refractivity contribution in [1.29, 1.82) is 0 Å². The Balaban J connectivity index is 1.70. The number of halogens is 2. The van der Waals surface area contributed by atoms with Crippen LogP contribution in [0.4, 0.5) is 0 Å². The van der Waals surface area contributed by atoms with Crippen LogP contribution >= 0.6 is 23.2 Å². The van der Waals surface area contributed by atoms with Gasteiger partial charge in [-0.1, -0.05) is 29.3 Å². The number of nitrogens with one attached hydrogen (secondary N) is 1. The molecule has 0 radical (unpaired) electrons. The Morgan fingerprint density at radius 1 is 1.39 bits per heavy atom. The van der Waals surface area contributed by atoms with Gasteiger partial charge in [0.05, 0.1) is 0 Å². The number of carbonyl (C=O) groups excluding carboxylic acids is 2. The monoisotopic (exact) mass is 354 g/mol. The van der Waals surface area contributed by atoms with E-state index in [-0.39, 0.29) is 17.9 Å². The maximum atomic E-state index is 12.7. The lowest BCUT2D eigenvalue weighted by molar-refractivity contribution is -0.145. The number of rotatable bonds is 4. The van der Waals surface area contributed by atoms with E-state index < -0.39 is 5.54 Å². The van der Waals surface area contributed by atoms with Gasteiger partial charge in [-0.05, 0) is 50.3 Å². The maximum absolute atomic E-state index is 12.7. The van der Waals surface area contributed by atoms with Gasteiger partial charge in [0.2, 0.25) is 11.8 Å². The fourth-order valence-corrected chi connectivity index (χ4v) is 3.85. The van der Waals surface area contributed by atoms with Gasteiger partial charge < -0.3 is 10.2 Å². The molecular formula is C17H20Cl2N2O2. The fraction of sp³-hybridized carbons (Fsp3) is 0.529. The Kier molecular flexibility index (Phi) is 4.56. The summed E-state index contributed by atoms with van der Waals surface area (Å²) < 4.78 is 0. The molecule has 2 amide bonds. The van der Waals surface area contributed by atoms with Crippen LogP contribution in [0, 0.1) is 0 Å². The number of carbonyl (C=O) groups is 2. The number of benzene rings is 1. The van der Waals surface area contributed by atoms with Crippen LogP contribution in [0.1, 0.15) is 44.6 Å². The van der Waals surface area contributed by atoms with E-state index in [0.29, 0.717) is 29.4 Å². The van der Waals surface area contributed by atoms with Crippen molar-refractivity contribution in [3.8, 4) is 0 Å². The molecular weight excluding hydrogens is 335 g/mol. The van der Waals surface area contributed by atoms with Gasteiger partial charge in [-0.3, -0.25) is 9.59 Å². The molecule has 0 aromatic heterocycles. The smallest absolute Gasteiger partial charge is 0.245 e. The molecule has 4 nitrogen and oxygen atoms in total. The second kappa shape index (κ2) is 6.33. The van der Waals surface area contributed by atoms with E-state index in [4.69, 9.17) is 23.2 Å². The first-order valence-corrected chi connectivity index (χ1v) is 8.72. The molecule has 1 aliphatic heterocycles. The minimum absolute atomic E-state index is 0.0943. The van der Waals surface area contributed by atoms with Gasteiger partial charge in [0.15, 0.2) is 0 Å². The third-order valence-corrected chi connectivity index (χ3v) is 5.60. The van der Waals surface area contributed by atoms with Crippen LogP contribution in [0.25, 0.3) is 0 Å². The van der Waals surface area contributed by atoms with E-state index in [1.54, 1.807) is 18.2 Å². The molecule has 1 aromatic carbocycles. The molecule has 1 saturated heterocycles. The summed E-state index contributed by atoms with van der Waals surface area (Å²) in [4.78, 5) is 26.8. The van der Waals surface area contributed by atoms with Crippen LogP contribution < -0.4 is 5.32 Å². The molecule has 1 N–H and O–H groups in total. The van der Waals surface area contributed by atoms with Crippen LogP contribution in [0.15, 0.2) is 18.2 Å². The molecule has 0 spiro atoms. The minimum atomic E-state index is -0.749. The molecule has 1 saturated carbocycles. The van der Waals surface area contributed by atoms with E-state index in [1.165, 1.54) is 0 Å². The molecule has 0 bridgehead atoms. The second-order valence-electron chi connectivity index (χ2n) is 6.54. The molecule has 23 heavy (non-hydrogen) atoms. The average molecular weight is 355 g/mol. The van der Waals surface area contributed by atoms with E-state index in [9.17, 15) is 9.59 Å². The zero-order valence-electron chi connectivity index (χ0n) is 13.1. The number of nitrogens with zero attached hydrogens (tertiary/aromatic N) is 1. The Bertz CT molecular complexity index is 645. The normalized spacial score (nSPS) is 24.7. The first-order valence-electron chi connectivity index (χ1n) is 7.96. The molecule has 124 valence electrons. The Hall–Kier alpha value is -1.26. The molecule has 0 unspecified atom stereocenters. The van der Waals surface area contributed by atoms with Crippen LogP contribution in [0.2, 0.25) is 10.0 Å². The predicted molar refractivity (Wildman–Crippen MR) is 90.4 cm³/mol. The van der Waals surface area contributed by atoms with E-state index in [2.05, 4.69) is 5.32 Å². The summed E-state index contributed by atoms with van der Waals surface area (Å²) in [5.41, 5.74) is 0.0636. The first kappa shape index (κ1) is 16.6. The van der Waals surface area contributed by atoms with Gasteiger partial charge in [-0.15, -0.1) is 0 Å². The lowest BCUT2D eigenvalue weighted by atomic mass is 9.87. The Morgan fingerprint density at radius 3 is 2.74 bits per heavy atom. The van der Waals surface area contributed by atoms with Crippen molar-refractivity contribution in [2.75, 3.05) is 0 Å². The summed E-state index contributed by atoms with van der Waals surface area (Å²) in [7, 11) is 0. The third kappa shape index (κ3) is 3.07. The summed E-state index contributed by atoms with van der Waals surface area (Å²) in [5, 5.41) is 4.03. The van der Waals surface area contributed by atoms with E-state index >= 15 is 0 Å². The largest absolute Gasteiger partial charge is 0.350 e. The third-order valence-electron chi connectivity index (χ3n) is 5.01. The van der Waals surface area contributed by atoms with Gasteiger partial charge in [0.25, 0.3) is 0 Å². The number of amides is 2. The summed E-state index contributed by atoms with van der Waals surface area (Å²) >= 11 is 12.0. The van der Waals surface area contributed by atoms with Crippen molar-refractivity contribution in [1.82, 2.24) is 10.2 Å². The molecule has 6 heteroatoms. The van der Waals surface area contributed by atoms with Crippen LogP contribution in [0.3, 0.4) is 0 Å². The highest BCUT2D eigenvalue weighted by molar-refractivity contribution is 6.35. The summed E-state index contributed by atoms with van der Waals surface area (Å²) in [6.07, 6.45) is 4.15. The summed E-state index contributed by atoms with van der Waals surface area (Å²) in [6, 6.07) is 5.43. The topological polar surface area (TPSA) is 49.4 Å². The molecule has 1 aliphatic carbocycles. The van der Waals surface area contributed by atoms with Crippen molar-refractivity contribution in [2.24, 2.45) is 0 Å². The lowest BCUT2D eigenvalue weighted by Gasteiger charge is -2.43. The molecule has 1 aromatic rings. The Morgan fingerprint density at radius 2 is 2.13 bits per heavy atom. The highest BCUT2D eigenvalue weighted by atomic mass is 35.5. The highest BCUT2D eigenvalue weighted by Crippen LogP contribution is 2.38. The predicted octanol–water partition coefficient (Wildman–Crippen LogP) is 3.54. The fourth-order valence-electron chi connectivity index (χ4n) is 3.37. The SMILES string of the molecule is C[C@@]1(C(=O)NCc2ccc(Cl)cc2Cl)CCC(=O)N1C1CCC1. The molecule has 2 aliphatic rings. The zero-order chi connectivity index (χ0) is 16.6. The average Bonchev–Trinajstić information content (AvgIpc) is 2.74. The van der Waals surface area contributed by atoms with Crippen molar-refractivity contribution < 1.29 is 9.59 Å².